The number of hydrogen-bond acceptors (Lipinski definition) is 2. The molecule has 0 amide bonds. The molecular formula is C3H7NNa2O2S2. The van der Waals surface area contributed by atoms with Gasteiger partial charge < -0.3 is 10.4 Å². The molecule has 0 aliphatic rings. The maximum absolute atomic E-state index is 9.75. The summed E-state index contributed by atoms with van der Waals surface area (Å²) in [6.07, 6.45) is 0. The van der Waals surface area contributed by atoms with E-state index in [-0.39, 0.29) is 70.0 Å². The van der Waals surface area contributed by atoms with Gasteiger partial charge in [0, 0.05) is 0 Å². The van der Waals surface area contributed by atoms with Crippen LogP contribution in [-0.2, 0) is 4.79 Å². The number of aliphatic carboxylic acids is 1. The molecule has 0 radical (unpaired) electrons. The molecule has 0 heterocycles. The summed E-state index contributed by atoms with van der Waals surface area (Å²) in [5.74, 6) is -0.943. The Kier molecular flexibility index (Phi) is 19.0. The van der Waals surface area contributed by atoms with E-state index in [1.54, 1.807) is 0 Å². The molecular weight excluding hydrogens is 192 g/mol. The van der Waals surface area contributed by atoms with E-state index in [0.717, 1.165) is 0 Å². The van der Waals surface area contributed by atoms with Crippen LogP contribution in [0, 0.1) is 0 Å². The van der Waals surface area contributed by atoms with Crippen molar-refractivity contribution in [1.29, 1.82) is 0 Å². The van der Waals surface area contributed by atoms with Gasteiger partial charge in [0.1, 0.15) is 10.9 Å². The number of carboxylic acid groups (broad SMARTS) is 1. The van der Waals surface area contributed by atoms with E-state index in [9.17, 15) is 4.79 Å². The van der Waals surface area contributed by atoms with Crippen LogP contribution in [0.2, 0.25) is 0 Å². The summed E-state index contributed by atoms with van der Waals surface area (Å²) in [4.78, 5) is 9.75. The molecule has 50 valence electrons. The van der Waals surface area contributed by atoms with Gasteiger partial charge >= 0.3 is 65.1 Å². The van der Waals surface area contributed by atoms with E-state index in [1.165, 1.54) is 0 Å². The topological polar surface area (TPSA) is 49.3 Å². The number of thiocarbonyl (C=S) groups is 1. The van der Waals surface area contributed by atoms with Gasteiger partial charge in [-0.25, -0.2) is 0 Å². The van der Waals surface area contributed by atoms with Crippen LogP contribution >= 0.6 is 24.8 Å². The Labute approximate surface area is 114 Å². The van der Waals surface area contributed by atoms with Gasteiger partial charge in [-0.1, -0.05) is 12.2 Å². The molecule has 7 heteroatoms. The average Bonchev–Trinajstić information content (AvgIpc) is 1.61. The molecule has 0 bridgehead atoms. The molecule has 2 N–H and O–H groups in total. The third kappa shape index (κ3) is 16.4. The summed E-state index contributed by atoms with van der Waals surface area (Å²) < 4.78 is 0.201. The third-order valence-electron chi connectivity index (χ3n) is 0.391. The Bertz CT molecular complexity index is 107. The first kappa shape index (κ1) is 17.7. The van der Waals surface area contributed by atoms with E-state index < -0.39 is 5.97 Å². The Morgan fingerprint density at radius 3 is 2.10 bits per heavy atom. The van der Waals surface area contributed by atoms with Crippen molar-refractivity contribution in [2.24, 2.45) is 0 Å². The van der Waals surface area contributed by atoms with Crippen LogP contribution in [-0.4, -0.2) is 81.1 Å². The summed E-state index contributed by atoms with van der Waals surface area (Å²) in [6, 6.07) is 0. The second-order valence-corrected chi connectivity index (χ2v) is 2.21. The second kappa shape index (κ2) is 10.7. The fourth-order valence-electron chi connectivity index (χ4n) is 0.151. The fraction of sp³-hybridized carbons (Fsp3) is 0.333. The minimum atomic E-state index is -0.943. The molecule has 0 aliphatic heterocycles. The monoisotopic (exact) mass is 199 g/mol. The van der Waals surface area contributed by atoms with Crippen molar-refractivity contribution in [3.05, 3.63) is 0 Å². The fourth-order valence-corrected chi connectivity index (χ4v) is 0.302. The number of nitrogens with one attached hydrogen (secondary N) is 1. The van der Waals surface area contributed by atoms with Gasteiger partial charge in [-0.2, -0.15) is 0 Å². The summed E-state index contributed by atoms with van der Waals surface area (Å²) in [5.41, 5.74) is 0. The number of carboxylic acids is 1. The summed E-state index contributed by atoms with van der Waals surface area (Å²) >= 11 is 8.03. The minimum absolute atomic E-state index is 0. The van der Waals surface area contributed by atoms with Gasteiger partial charge in [0.05, 0.1) is 0 Å². The van der Waals surface area contributed by atoms with Crippen LogP contribution in [0.15, 0.2) is 0 Å². The molecule has 10 heavy (non-hydrogen) atoms. The van der Waals surface area contributed by atoms with Crippen LogP contribution in [0.25, 0.3) is 0 Å². The first-order valence-corrected chi connectivity index (χ1v) is 2.67. The van der Waals surface area contributed by atoms with E-state index in [2.05, 4.69) is 30.2 Å². The quantitative estimate of drug-likeness (QED) is 0.290. The van der Waals surface area contributed by atoms with Crippen LogP contribution in [0.1, 0.15) is 0 Å². The predicted octanol–water partition coefficient (Wildman–Crippen LogP) is -1.42. The maximum atomic E-state index is 9.75. The van der Waals surface area contributed by atoms with E-state index in [1.807, 2.05) is 0 Å². The van der Waals surface area contributed by atoms with Crippen LogP contribution in [0.4, 0.5) is 0 Å². The van der Waals surface area contributed by atoms with Crippen molar-refractivity contribution in [2.45, 2.75) is 0 Å². The molecule has 3 nitrogen and oxygen atoms in total. The predicted molar refractivity (Wildman–Crippen MR) is 51.5 cm³/mol. The first-order chi connectivity index (χ1) is 3.63. The van der Waals surface area contributed by atoms with Gasteiger partial charge in [-0.3, -0.25) is 4.79 Å². The van der Waals surface area contributed by atoms with E-state index in [0.29, 0.717) is 0 Å². The van der Waals surface area contributed by atoms with Crippen molar-refractivity contribution < 1.29 is 9.90 Å². The molecule has 0 aromatic carbocycles. The SMILES string of the molecule is O=C(O)CNC(=S)S.[NaH].[NaH]. The Morgan fingerprint density at radius 2 is 2.00 bits per heavy atom. The van der Waals surface area contributed by atoms with Gasteiger partial charge in [0.15, 0.2) is 0 Å². The summed E-state index contributed by atoms with van der Waals surface area (Å²) in [7, 11) is 0. The number of hydrogen-bond donors (Lipinski definition) is 3. The standard InChI is InChI=1S/C3H5NO2S2.2Na.2H/c5-2(6)1-4-3(7)8;;;;/h1H2,(H,5,6)(H2,4,7,8);;;;. The normalized spacial score (nSPS) is 6.50. The van der Waals surface area contributed by atoms with Crippen molar-refractivity contribution in [3.8, 4) is 0 Å². The van der Waals surface area contributed by atoms with E-state index >= 15 is 0 Å². The van der Waals surface area contributed by atoms with E-state index in [4.69, 9.17) is 5.11 Å². The van der Waals surface area contributed by atoms with Crippen LogP contribution in [0.5, 0.6) is 0 Å². The Balaban J connectivity index is -0.000000245. The molecule has 0 saturated heterocycles. The Hall–Kier alpha value is 1.71. The molecule has 0 spiro atoms. The number of carbonyl (C=O) groups is 1. The van der Waals surface area contributed by atoms with Gasteiger partial charge in [0.2, 0.25) is 0 Å². The second-order valence-electron chi connectivity index (χ2n) is 1.05. The zero-order valence-electron chi connectivity index (χ0n) is 3.92. The molecule has 0 aromatic heterocycles. The van der Waals surface area contributed by atoms with Crippen LogP contribution < -0.4 is 5.32 Å². The molecule has 0 aromatic rings. The van der Waals surface area contributed by atoms with Gasteiger partial charge in [0.25, 0.3) is 0 Å². The number of rotatable bonds is 2. The summed E-state index contributed by atoms with van der Waals surface area (Å²) in [6.45, 7) is -0.164. The molecule has 0 atom stereocenters. The molecule has 0 rings (SSSR count). The van der Waals surface area contributed by atoms with Gasteiger partial charge in [-0.05, 0) is 0 Å². The average molecular weight is 199 g/mol. The van der Waals surface area contributed by atoms with Crippen molar-refractivity contribution in [1.82, 2.24) is 5.32 Å². The van der Waals surface area contributed by atoms with Crippen LogP contribution in [0.3, 0.4) is 0 Å². The Morgan fingerprint density at radius 1 is 1.60 bits per heavy atom. The van der Waals surface area contributed by atoms with Crippen molar-refractivity contribution in [2.75, 3.05) is 6.54 Å². The summed E-state index contributed by atoms with van der Waals surface area (Å²) in [5, 5.41) is 10.3. The molecule has 0 aliphatic carbocycles. The third-order valence-corrected chi connectivity index (χ3v) is 0.693. The molecule has 0 unspecified atom stereocenters. The van der Waals surface area contributed by atoms with Crippen molar-refractivity contribution >= 4 is 94.3 Å². The number of thiol groups is 1. The zero-order valence-corrected chi connectivity index (χ0v) is 5.63. The van der Waals surface area contributed by atoms with Crippen molar-refractivity contribution in [3.63, 3.8) is 0 Å². The van der Waals surface area contributed by atoms with Gasteiger partial charge in [-0.15, -0.1) is 12.6 Å². The first-order valence-electron chi connectivity index (χ1n) is 1.81. The molecule has 0 fully saturated rings. The zero-order chi connectivity index (χ0) is 6.57. The molecule has 0 saturated carbocycles.